The summed E-state index contributed by atoms with van der Waals surface area (Å²) in [5.74, 6) is -0.494. The van der Waals surface area contributed by atoms with E-state index in [1.54, 1.807) is 0 Å². The fourth-order valence-corrected chi connectivity index (χ4v) is 1.30. The highest BCUT2D eigenvalue weighted by Crippen LogP contribution is 2.04. The van der Waals surface area contributed by atoms with E-state index >= 15 is 0 Å². The Bertz CT molecular complexity index is 245. The summed E-state index contributed by atoms with van der Waals surface area (Å²) in [6.07, 6.45) is -1.33. The van der Waals surface area contributed by atoms with Crippen molar-refractivity contribution in [2.45, 2.75) is 6.10 Å². The largest absolute Gasteiger partial charge is 0.465 e. The number of morpholine rings is 1. The molecule has 0 aromatic carbocycles. The molecule has 1 fully saturated rings. The van der Waals surface area contributed by atoms with Crippen molar-refractivity contribution < 1.29 is 24.5 Å². The molecule has 7 nitrogen and oxygen atoms in total. The molecule has 0 aliphatic carbocycles. The first-order chi connectivity index (χ1) is 7.13. The number of amides is 2. The van der Waals surface area contributed by atoms with Crippen LogP contribution in [-0.2, 0) is 9.53 Å². The molecule has 0 bridgehead atoms. The average molecular weight is 218 g/mol. The second-order valence-corrected chi connectivity index (χ2v) is 3.18. The molecule has 3 N–H and O–H groups in total. The summed E-state index contributed by atoms with van der Waals surface area (Å²) in [7, 11) is 0. The topological polar surface area (TPSA) is 99.1 Å². The second kappa shape index (κ2) is 5.52. The van der Waals surface area contributed by atoms with Crippen molar-refractivity contribution in [1.29, 1.82) is 0 Å². The Balaban J connectivity index is 2.30. The van der Waals surface area contributed by atoms with Gasteiger partial charge in [0.1, 0.15) is 6.61 Å². The number of hydrogen-bond donors (Lipinski definition) is 3. The molecular weight excluding hydrogens is 204 g/mol. The highest BCUT2D eigenvalue weighted by molar-refractivity contribution is 5.76. The van der Waals surface area contributed by atoms with E-state index in [-0.39, 0.29) is 19.2 Å². The summed E-state index contributed by atoms with van der Waals surface area (Å²) in [5.41, 5.74) is 0. The number of nitrogens with zero attached hydrogens (tertiary/aromatic N) is 1. The molecule has 0 aromatic heterocycles. The summed E-state index contributed by atoms with van der Waals surface area (Å²) in [6, 6.07) is 0. The van der Waals surface area contributed by atoms with Gasteiger partial charge in [0, 0.05) is 13.1 Å². The second-order valence-electron chi connectivity index (χ2n) is 3.18. The van der Waals surface area contributed by atoms with E-state index in [4.69, 9.17) is 14.9 Å². The van der Waals surface area contributed by atoms with Crippen molar-refractivity contribution >= 4 is 12.0 Å². The van der Waals surface area contributed by atoms with Crippen LogP contribution in [0.2, 0.25) is 0 Å². The van der Waals surface area contributed by atoms with Crippen LogP contribution in [0.25, 0.3) is 0 Å². The summed E-state index contributed by atoms with van der Waals surface area (Å²) in [4.78, 5) is 22.6. The van der Waals surface area contributed by atoms with Crippen LogP contribution in [0.4, 0.5) is 4.79 Å². The Hall–Kier alpha value is -1.34. The van der Waals surface area contributed by atoms with E-state index in [9.17, 15) is 9.59 Å². The zero-order valence-corrected chi connectivity index (χ0v) is 8.18. The lowest BCUT2D eigenvalue weighted by atomic mass is 10.3. The predicted molar refractivity (Wildman–Crippen MR) is 49.4 cm³/mol. The van der Waals surface area contributed by atoms with Crippen LogP contribution in [0, 0.1) is 0 Å². The van der Waals surface area contributed by atoms with Gasteiger partial charge in [-0.15, -0.1) is 0 Å². The van der Waals surface area contributed by atoms with Gasteiger partial charge in [0.15, 0.2) is 0 Å². The standard InChI is InChI=1S/C8H14N2O5/c11-5-7(12)9-3-6-4-10(8(13)14)1-2-15-6/h6,11H,1-5H2,(H,9,12)(H,13,14). The molecule has 1 heterocycles. The first-order valence-electron chi connectivity index (χ1n) is 4.60. The zero-order chi connectivity index (χ0) is 11.3. The van der Waals surface area contributed by atoms with E-state index in [0.717, 1.165) is 0 Å². The molecule has 1 rings (SSSR count). The lowest BCUT2D eigenvalue weighted by Crippen LogP contribution is -2.49. The number of aliphatic hydroxyl groups is 1. The minimum atomic E-state index is -0.989. The number of aliphatic hydroxyl groups excluding tert-OH is 1. The fraction of sp³-hybridized carbons (Fsp3) is 0.750. The highest BCUT2D eigenvalue weighted by Gasteiger charge is 2.23. The van der Waals surface area contributed by atoms with Crippen LogP contribution in [0.1, 0.15) is 0 Å². The summed E-state index contributed by atoms with van der Waals surface area (Å²) in [5, 5.41) is 19.6. The van der Waals surface area contributed by atoms with Gasteiger partial charge < -0.3 is 25.2 Å². The van der Waals surface area contributed by atoms with Crippen LogP contribution in [0.5, 0.6) is 0 Å². The smallest absolute Gasteiger partial charge is 0.407 e. The minimum Gasteiger partial charge on any atom is -0.465 e. The highest BCUT2D eigenvalue weighted by atomic mass is 16.5. The quantitative estimate of drug-likeness (QED) is 0.534. The lowest BCUT2D eigenvalue weighted by molar-refractivity contribution is -0.124. The zero-order valence-electron chi connectivity index (χ0n) is 8.18. The molecule has 2 amide bonds. The summed E-state index contributed by atoms with van der Waals surface area (Å²) >= 11 is 0. The van der Waals surface area contributed by atoms with Crippen LogP contribution in [-0.4, -0.2) is 66.1 Å². The van der Waals surface area contributed by atoms with Crippen LogP contribution in [0.15, 0.2) is 0 Å². The van der Waals surface area contributed by atoms with Gasteiger partial charge in [-0.3, -0.25) is 4.79 Å². The monoisotopic (exact) mass is 218 g/mol. The van der Waals surface area contributed by atoms with Gasteiger partial charge in [0.25, 0.3) is 0 Å². The number of hydrogen-bond acceptors (Lipinski definition) is 4. The Morgan fingerprint density at radius 2 is 2.27 bits per heavy atom. The summed E-state index contributed by atoms with van der Waals surface area (Å²) in [6.45, 7) is 0.547. The van der Waals surface area contributed by atoms with Gasteiger partial charge in [0.2, 0.25) is 5.91 Å². The van der Waals surface area contributed by atoms with E-state index in [2.05, 4.69) is 5.32 Å². The normalized spacial score (nSPS) is 21.1. The van der Waals surface area contributed by atoms with Gasteiger partial charge in [-0.1, -0.05) is 0 Å². The first kappa shape index (κ1) is 11.7. The van der Waals surface area contributed by atoms with Gasteiger partial charge in [-0.25, -0.2) is 4.79 Å². The maximum atomic E-state index is 10.7. The lowest BCUT2D eigenvalue weighted by Gasteiger charge is -2.30. The fourth-order valence-electron chi connectivity index (χ4n) is 1.30. The molecule has 7 heteroatoms. The Morgan fingerprint density at radius 3 is 2.87 bits per heavy atom. The Kier molecular flexibility index (Phi) is 4.32. The number of nitrogens with one attached hydrogen (secondary N) is 1. The molecule has 1 aliphatic heterocycles. The van der Waals surface area contributed by atoms with Crippen molar-refractivity contribution in [3.05, 3.63) is 0 Å². The number of carbonyl (C=O) groups excluding carboxylic acids is 1. The van der Waals surface area contributed by atoms with Gasteiger partial charge in [-0.05, 0) is 0 Å². The van der Waals surface area contributed by atoms with Crippen molar-refractivity contribution in [2.75, 3.05) is 32.8 Å². The van der Waals surface area contributed by atoms with Crippen molar-refractivity contribution in [3.63, 3.8) is 0 Å². The van der Waals surface area contributed by atoms with E-state index in [1.165, 1.54) is 4.90 Å². The number of carboxylic acid groups (broad SMARTS) is 1. The Morgan fingerprint density at radius 1 is 1.53 bits per heavy atom. The molecule has 86 valence electrons. The van der Waals surface area contributed by atoms with Crippen molar-refractivity contribution in [3.8, 4) is 0 Å². The van der Waals surface area contributed by atoms with Crippen LogP contribution < -0.4 is 5.32 Å². The van der Waals surface area contributed by atoms with Crippen molar-refractivity contribution in [2.24, 2.45) is 0 Å². The molecule has 1 saturated heterocycles. The molecule has 0 spiro atoms. The van der Waals surface area contributed by atoms with Gasteiger partial charge >= 0.3 is 6.09 Å². The molecule has 1 unspecified atom stereocenters. The van der Waals surface area contributed by atoms with E-state index < -0.39 is 18.6 Å². The van der Waals surface area contributed by atoms with E-state index in [1.807, 2.05) is 0 Å². The third-order valence-corrected chi connectivity index (χ3v) is 2.08. The first-order valence-corrected chi connectivity index (χ1v) is 4.60. The molecule has 0 aromatic rings. The number of rotatable bonds is 3. The molecular formula is C8H14N2O5. The average Bonchev–Trinajstić information content (AvgIpc) is 2.26. The summed E-state index contributed by atoms with van der Waals surface area (Å²) < 4.78 is 5.25. The molecule has 1 aliphatic rings. The number of ether oxygens (including phenoxy) is 1. The Labute approximate surface area is 86.6 Å². The molecule has 0 radical (unpaired) electrons. The van der Waals surface area contributed by atoms with Gasteiger partial charge in [0.05, 0.1) is 19.3 Å². The third-order valence-electron chi connectivity index (χ3n) is 2.08. The third kappa shape index (κ3) is 3.72. The maximum Gasteiger partial charge on any atom is 0.407 e. The van der Waals surface area contributed by atoms with Gasteiger partial charge in [-0.2, -0.15) is 0 Å². The van der Waals surface area contributed by atoms with Crippen LogP contribution >= 0.6 is 0 Å². The van der Waals surface area contributed by atoms with E-state index in [0.29, 0.717) is 13.2 Å². The minimum absolute atomic E-state index is 0.211. The molecule has 1 atom stereocenters. The number of carbonyl (C=O) groups is 2. The predicted octanol–water partition coefficient (Wildman–Crippen LogP) is -1.53. The maximum absolute atomic E-state index is 10.7. The van der Waals surface area contributed by atoms with Crippen molar-refractivity contribution in [1.82, 2.24) is 10.2 Å². The SMILES string of the molecule is O=C(CO)NCC1CN(C(=O)O)CCO1. The molecule has 0 saturated carbocycles. The molecule has 15 heavy (non-hydrogen) atoms. The van der Waals surface area contributed by atoms with Crippen LogP contribution in [0.3, 0.4) is 0 Å².